The third-order valence-electron chi connectivity index (χ3n) is 4.27. The van der Waals surface area contributed by atoms with Crippen molar-refractivity contribution in [1.29, 1.82) is 0 Å². The zero-order valence-electron chi connectivity index (χ0n) is 14.3. The summed E-state index contributed by atoms with van der Waals surface area (Å²) >= 11 is 0. The van der Waals surface area contributed by atoms with Gasteiger partial charge in [-0.05, 0) is 24.3 Å². The van der Waals surface area contributed by atoms with Crippen molar-refractivity contribution in [2.24, 2.45) is 0 Å². The van der Waals surface area contributed by atoms with Gasteiger partial charge in [-0.2, -0.15) is 0 Å². The normalized spacial score (nSPS) is 19.0. The summed E-state index contributed by atoms with van der Waals surface area (Å²) in [5.41, 5.74) is 0.708. The Bertz CT molecular complexity index is 948. The summed E-state index contributed by atoms with van der Waals surface area (Å²) in [5.74, 6) is 0.912. The number of carbonyl (C=O) groups is 1. The molecular weight excluding hydrogens is 372 g/mol. The van der Waals surface area contributed by atoms with E-state index >= 15 is 0 Å². The Morgan fingerprint density at radius 2 is 1.78 bits per heavy atom. The molecular formula is C18H18N2O6S. The molecule has 1 unspecified atom stereocenters. The minimum atomic E-state index is -3.78. The Kier molecular flexibility index (Phi) is 4.63. The molecule has 1 saturated heterocycles. The minimum Gasteiger partial charge on any atom is -0.486 e. The van der Waals surface area contributed by atoms with Gasteiger partial charge in [0.1, 0.15) is 19.3 Å². The number of ether oxygens (including phenoxy) is 3. The molecule has 1 amide bonds. The van der Waals surface area contributed by atoms with Crippen LogP contribution in [0.2, 0.25) is 0 Å². The van der Waals surface area contributed by atoms with Crippen molar-refractivity contribution in [3.63, 3.8) is 0 Å². The molecule has 0 aliphatic carbocycles. The molecule has 0 radical (unpaired) electrons. The summed E-state index contributed by atoms with van der Waals surface area (Å²) in [4.78, 5) is 13.6. The van der Waals surface area contributed by atoms with E-state index in [-0.39, 0.29) is 18.0 Å². The van der Waals surface area contributed by atoms with Crippen LogP contribution in [0.5, 0.6) is 11.5 Å². The fraction of sp³-hybridized carbons (Fsp3) is 0.278. The van der Waals surface area contributed by atoms with Gasteiger partial charge >= 0.3 is 6.09 Å². The number of benzene rings is 2. The highest BCUT2D eigenvalue weighted by molar-refractivity contribution is 7.89. The van der Waals surface area contributed by atoms with Gasteiger partial charge in [-0.25, -0.2) is 17.9 Å². The van der Waals surface area contributed by atoms with E-state index in [0.29, 0.717) is 30.4 Å². The topological polar surface area (TPSA) is 94.2 Å². The summed E-state index contributed by atoms with van der Waals surface area (Å²) in [6.45, 7) is 1.05. The summed E-state index contributed by atoms with van der Waals surface area (Å²) in [5, 5.41) is 0. The van der Waals surface area contributed by atoms with Crippen LogP contribution in [0.1, 0.15) is 0 Å². The zero-order chi connectivity index (χ0) is 18.9. The molecule has 27 heavy (non-hydrogen) atoms. The molecule has 2 aliphatic rings. The van der Waals surface area contributed by atoms with Gasteiger partial charge in [0.15, 0.2) is 11.5 Å². The van der Waals surface area contributed by atoms with Gasteiger partial charge in [0.05, 0.1) is 11.4 Å². The molecule has 0 bridgehead atoms. The van der Waals surface area contributed by atoms with Crippen molar-refractivity contribution in [2.45, 2.75) is 11.0 Å². The number of cyclic esters (lactones) is 1. The molecule has 9 heteroatoms. The molecule has 1 fully saturated rings. The zero-order valence-corrected chi connectivity index (χ0v) is 15.1. The van der Waals surface area contributed by atoms with Crippen molar-refractivity contribution >= 4 is 21.8 Å². The van der Waals surface area contributed by atoms with Crippen LogP contribution in [0.25, 0.3) is 0 Å². The van der Waals surface area contributed by atoms with Crippen LogP contribution in [-0.4, -0.2) is 46.9 Å². The Balaban J connectivity index is 1.42. The van der Waals surface area contributed by atoms with E-state index in [1.54, 1.807) is 18.2 Å². The van der Waals surface area contributed by atoms with E-state index in [2.05, 4.69) is 4.72 Å². The predicted molar refractivity (Wildman–Crippen MR) is 96.7 cm³/mol. The minimum absolute atomic E-state index is 0.0220. The average Bonchev–Trinajstić information content (AvgIpc) is 3.07. The maximum Gasteiger partial charge on any atom is 0.414 e. The van der Waals surface area contributed by atoms with Crippen molar-refractivity contribution in [3.8, 4) is 11.5 Å². The second-order valence-corrected chi connectivity index (χ2v) is 7.88. The molecule has 4 rings (SSSR count). The second kappa shape index (κ2) is 7.09. The lowest BCUT2D eigenvalue weighted by atomic mass is 10.3. The van der Waals surface area contributed by atoms with E-state index in [9.17, 15) is 13.2 Å². The smallest absolute Gasteiger partial charge is 0.414 e. The number of nitrogens with zero attached hydrogens (tertiary/aromatic N) is 1. The van der Waals surface area contributed by atoms with Crippen LogP contribution in [0.15, 0.2) is 53.4 Å². The molecule has 142 valence electrons. The van der Waals surface area contributed by atoms with Gasteiger partial charge in [-0.1, -0.05) is 18.2 Å². The molecule has 0 aromatic heterocycles. The molecule has 8 nitrogen and oxygen atoms in total. The van der Waals surface area contributed by atoms with Gasteiger partial charge in [0.2, 0.25) is 10.0 Å². The van der Waals surface area contributed by atoms with Crippen LogP contribution in [0.4, 0.5) is 10.5 Å². The summed E-state index contributed by atoms with van der Waals surface area (Å²) in [7, 11) is -3.78. The maximum atomic E-state index is 12.5. The first kappa shape index (κ1) is 17.6. The van der Waals surface area contributed by atoms with Gasteiger partial charge < -0.3 is 14.2 Å². The number of anilines is 1. The fourth-order valence-corrected chi connectivity index (χ4v) is 4.00. The lowest BCUT2D eigenvalue weighted by Gasteiger charge is -2.19. The van der Waals surface area contributed by atoms with Crippen molar-refractivity contribution in [1.82, 2.24) is 4.72 Å². The molecule has 1 N–H and O–H groups in total. The maximum absolute atomic E-state index is 12.5. The van der Waals surface area contributed by atoms with E-state index in [4.69, 9.17) is 14.2 Å². The quantitative estimate of drug-likeness (QED) is 0.836. The molecule has 1 atom stereocenters. The molecule has 0 spiro atoms. The van der Waals surface area contributed by atoms with Crippen molar-refractivity contribution < 1.29 is 27.4 Å². The highest BCUT2D eigenvalue weighted by atomic mass is 32.2. The molecule has 2 heterocycles. The molecule has 2 aromatic carbocycles. The SMILES string of the molecule is O=C1OC(CNS(=O)(=O)c2ccc3c(c2)OCCO3)CN1c1ccccc1. The van der Waals surface area contributed by atoms with Crippen LogP contribution < -0.4 is 19.1 Å². The standard InChI is InChI=1S/C18H18N2O6S/c21-18-20(13-4-2-1-3-5-13)12-14(26-18)11-19-27(22,23)15-6-7-16-17(10-15)25-9-8-24-16/h1-7,10,14,19H,8-9,11-12H2. The largest absolute Gasteiger partial charge is 0.486 e. The van der Waals surface area contributed by atoms with Gasteiger partial charge in [0, 0.05) is 18.3 Å². The summed E-state index contributed by atoms with van der Waals surface area (Å²) in [6, 6.07) is 13.5. The number of fused-ring (bicyclic) bond motifs is 1. The van der Waals surface area contributed by atoms with E-state index < -0.39 is 22.2 Å². The molecule has 0 saturated carbocycles. The first-order valence-electron chi connectivity index (χ1n) is 8.45. The number of sulfonamides is 1. The number of amides is 1. The van der Waals surface area contributed by atoms with Crippen molar-refractivity contribution in [3.05, 3.63) is 48.5 Å². The van der Waals surface area contributed by atoms with E-state index in [1.165, 1.54) is 17.0 Å². The molecule has 2 aromatic rings. The predicted octanol–water partition coefficient (Wildman–Crippen LogP) is 1.76. The number of carbonyl (C=O) groups excluding carboxylic acids is 1. The third-order valence-corrected chi connectivity index (χ3v) is 5.69. The van der Waals surface area contributed by atoms with Crippen LogP contribution >= 0.6 is 0 Å². The Hall–Kier alpha value is -2.78. The van der Waals surface area contributed by atoms with Crippen LogP contribution in [0.3, 0.4) is 0 Å². The summed E-state index contributed by atoms with van der Waals surface area (Å²) in [6.07, 6.45) is -1.07. The molecule has 2 aliphatic heterocycles. The average molecular weight is 390 g/mol. The number of hydrogen-bond acceptors (Lipinski definition) is 6. The lowest BCUT2D eigenvalue weighted by molar-refractivity contribution is 0.143. The third kappa shape index (κ3) is 3.69. The number of rotatable bonds is 5. The Morgan fingerprint density at radius 1 is 1.04 bits per heavy atom. The number of nitrogens with one attached hydrogen (secondary N) is 1. The lowest BCUT2D eigenvalue weighted by Crippen LogP contribution is -2.34. The first-order valence-corrected chi connectivity index (χ1v) is 9.94. The number of para-hydroxylation sites is 1. The van der Waals surface area contributed by atoms with E-state index in [0.717, 1.165) is 0 Å². The van der Waals surface area contributed by atoms with E-state index in [1.807, 2.05) is 18.2 Å². The number of hydrogen-bond donors (Lipinski definition) is 1. The fourth-order valence-electron chi connectivity index (χ4n) is 2.92. The Morgan fingerprint density at radius 3 is 2.56 bits per heavy atom. The van der Waals surface area contributed by atoms with Crippen molar-refractivity contribution in [2.75, 3.05) is 31.2 Å². The van der Waals surface area contributed by atoms with Crippen LogP contribution in [-0.2, 0) is 14.8 Å². The van der Waals surface area contributed by atoms with Gasteiger partial charge in [-0.15, -0.1) is 0 Å². The highest BCUT2D eigenvalue weighted by Crippen LogP contribution is 2.32. The first-order chi connectivity index (χ1) is 13.0. The summed E-state index contributed by atoms with van der Waals surface area (Å²) < 4.78 is 43.7. The monoisotopic (exact) mass is 390 g/mol. The Labute approximate surface area is 156 Å². The van der Waals surface area contributed by atoms with Crippen LogP contribution in [0, 0.1) is 0 Å². The highest BCUT2D eigenvalue weighted by Gasteiger charge is 2.33. The second-order valence-electron chi connectivity index (χ2n) is 6.11. The van der Waals surface area contributed by atoms with Gasteiger partial charge in [0.25, 0.3) is 0 Å². The van der Waals surface area contributed by atoms with Gasteiger partial charge in [-0.3, -0.25) is 4.90 Å².